The Morgan fingerprint density at radius 1 is 0.565 bits per heavy atom. The van der Waals surface area contributed by atoms with Gasteiger partial charge in [0.05, 0.1) is 38.6 Å². The van der Waals surface area contributed by atoms with Crippen LogP contribution in [0.2, 0.25) is 0 Å². The molecule has 9 fully saturated rings. The molecule has 5 aliphatic carbocycles. The summed E-state index contributed by atoms with van der Waals surface area (Å²) in [6.45, 7) is 15.8. The summed E-state index contributed by atoms with van der Waals surface area (Å²) in [4.78, 5) is 13.0. The number of aliphatic hydroxyl groups excluding tert-OH is 14. The van der Waals surface area contributed by atoms with Crippen LogP contribution in [0.3, 0.4) is 0 Å². The summed E-state index contributed by atoms with van der Waals surface area (Å²) in [7, 11) is 0. The highest BCUT2D eigenvalue weighted by Gasteiger charge is 2.70. The lowest BCUT2D eigenvalue weighted by Crippen LogP contribution is -2.68. The van der Waals surface area contributed by atoms with Gasteiger partial charge in [0.25, 0.3) is 0 Å². The van der Waals surface area contributed by atoms with Gasteiger partial charge in [0.1, 0.15) is 104 Å². The van der Waals surface area contributed by atoms with E-state index >= 15 is 0 Å². The van der Waals surface area contributed by atoms with Crippen LogP contribution in [0.5, 0.6) is 0 Å². The van der Waals surface area contributed by atoms with Crippen LogP contribution in [-0.2, 0) is 52.2 Å². The molecule has 5 aliphatic heterocycles. The molecule has 32 atom stereocenters. The molecule has 85 heavy (non-hydrogen) atoms. The molecule has 0 aromatic rings. The van der Waals surface area contributed by atoms with E-state index in [0.29, 0.717) is 12.8 Å². The third-order valence-electron chi connectivity index (χ3n) is 23.2. The molecule has 0 amide bonds. The molecule has 488 valence electrons. The molecule has 0 aromatic carbocycles. The lowest BCUT2D eigenvalue weighted by Gasteiger charge is -2.71. The van der Waals surface area contributed by atoms with Crippen molar-refractivity contribution in [2.75, 3.05) is 26.4 Å². The van der Waals surface area contributed by atoms with Gasteiger partial charge in [-0.3, -0.25) is 0 Å². The van der Waals surface area contributed by atoms with Gasteiger partial charge in [-0.15, -0.1) is 0 Å². The highest BCUT2D eigenvalue weighted by molar-refractivity contribution is 5.73. The van der Waals surface area contributed by atoms with Gasteiger partial charge in [-0.05, 0) is 116 Å². The maximum Gasteiger partial charge on any atom is 0.335 e. The van der Waals surface area contributed by atoms with Crippen molar-refractivity contribution in [2.45, 2.75) is 273 Å². The van der Waals surface area contributed by atoms with Gasteiger partial charge in [0, 0.05) is 5.41 Å². The molecule has 4 saturated carbocycles. The van der Waals surface area contributed by atoms with E-state index in [9.17, 15) is 81.4 Å². The van der Waals surface area contributed by atoms with Crippen molar-refractivity contribution < 1.29 is 129 Å². The van der Waals surface area contributed by atoms with E-state index < -0.39 is 184 Å². The summed E-state index contributed by atoms with van der Waals surface area (Å²) >= 11 is 0. The van der Waals surface area contributed by atoms with Crippen molar-refractivity contribution in [3.63, 3.8) is 0 Å². The summed E-state index contributed by atoms with van der Waals surface area (Å²) in [6.07, 6.45) is -30.6. The van der Waals surface area contributed by atoms with Crippen LogP contribution in [-0.4, -0.2) is 263 Å². The Bertz CT molecular complexity index is 2360. The number of rotatable bonds is 14. The zero-order valence-corrected chi connectivity index (χ0v) is 49.8. The first-order valence-corrected chi connectivity index (χ1v) is 30.6. The fraction of sp³-hybridized carbons (Fsp3) is 0.949. The first-order chi connectivity index (χ1) is 39.8. The molecule has 15 N–H and O–H groups in total. The molecule has 5 heterocycles. The number of carboxylic acids is 1. The van der Waals surface area contributed by atoms with Crippen LogP contribution in [0.15, 0.2) is 11.6 Å². The molecule has 10 rings (SSSR count). The number of hydrogen-bond donors (Lipinski definition) is 15. The third-order valence-corrected chi connectivity index (χ3v) is 23.2. The van der Waals surface area contributed by atoms with E-state index in [2.05, 4.69) is 54.5 Å². The normalized spacial score (nSPS) is 54.2. The summed E-state index contributed by atoms with van der Waals surface area (Å²) in [5.74, 6) is -1.37. The fourth-order valence-electron chi connectivity index (χ4n) is 17.7. The van der Waals surface area contributed by atoms with E-state index in [1.165, 1.54) is 12.5 Å². The average molecular weight is 1220 g/mol. The van der Waals surface area contributed by atoms with Crippen molar-refractivity contribution in [3.8, 4) is 0 Å². The first-order valence-electron chi connectivity index (χ1n) is 30.6. The van der Waals surface area contributed by atoms with Crippen molar-refractivity contribution in [2.24, 2.45) is 50.2 Å². The van der Waals surface area contributed by atoms with Crippen molar-refractivity contribution in [1.82, 2.24) is 0 Å². The number of ether oxygens (including phenoxy) is 10. The quantitative estimate of drug-likeness (QED) is 0.0662. The molecule has 5 saturated heterocycles. The maximum absolute atomic E-state index is 13.0. The van der Waals surface area contributed by atoms with Crippen molar-refractivity contribution in [3.05, 3.63) is 11.6 Å². The van der Waals surface area contributed by atoms with Gasteiger partial charge >= 0.3 is 5.97 Å². The van der Waals surface area contributed by atoms with E-state index in [1.807, 2.05) is 0 Å². The van der Waals surface area contributed by atoms with Crippen LogP contribution in [0, 0.1) is 50.2 Å². The van der Waals surface area contributed by atoms with Gasteiger partial charge in [-0.1, -0.05) is 60.1 Å². The standard InChI is InChI=1S/C59H96O26/c1-24-33(63)37(67)41(71)50(78-24)82-44-43(73)45(48(74)75)83-53(47(44)85-51-42(72)38(68)35(65)28(20-60)79-51)81-32-12-13-56(6)30(55(32,4)5)11-14-58(8)31(56)10-9-25-26-19-54(2,3)15-17-59(26,18-16-57(25,58)7)23-77-52-46(39(69)36(66)29(21-61)80-52)84-49-40(70)34(64)27(62)22-76-49/h9,24,26-47,49-53,60-73H,10-23H2,1-8H3,(H,74,75)/t24-,26-,27+,28+,29+,30-,31+,32-,33-,34-,35+,36+,37+,38-,39-,40+,41+,42+,43-,44-,45-,46+,47+,49-,50-,51-,52+,53?,56-,57+,58+,59+/m0/s1. The Labute approximate surface area is 494 Å². The molecule has 26 nitrogen and oxygen atoms in total. The predicted octanol–water partition coefficient (Wildman–Crippen LogP) is -1.98. The minimum atomic E-state index is -2.10. The smallest absolute Gasteiger partial charge is 0.335 e. The number of aliphatic carboxylic acids is 1. The number of hydrogen-bond acceptors (Lipinski definition) is 25. The third kappa shape index (κ3) is 11.3. The SMILES string of the molecule is C[C@@H]1O[C@@H](O[C@H]2[C@H](O)[C@@H](C(=O)O)OC(O[C@H]3CC[C@]4(C)[C@H]5CC=C6[C@@H]7CC(C)(C)CC[C@]7(CO[C@@H]7O[C@H](CO)[C@@H](O)[C@H](O)[C@H]7O[C@@H]7OC[C@@H](O)[C@H](O)[C@H]7O)CC[C@@]6(C)[C@]5(C)CC[C@H]4C3(C)C)[C@@H]2O[C@@H]2O[C@H](CO)[C@@H](O)[C@H](O)[C@H]2O)[C@H](O)[C@H](O)[C@H]1O. The second-order valence-electron chi connectivity index (χ2n) is 28.8. The second-order valence-corrected chi connectivity index (χ2v) is 28.8. The summed E-state index contributed by atoms with van der Waals surface area (Å²) in [5, 5.41) is 161. The molecule has 0 aromatic heterocycles. The van der Waals surface area contributed by atoms with Gasteiger partial charge < -0.3 is 124 Å². The highest BCUT2D eigenvalue weighted by atomic mass is 16.8. The number of carbonyl (C=O) groups is 1. The lowest BCUT2D eigenvalue weighted by molar-refractivity contribution is -0.395. The van der Waals surface area contributed by atoms with E-state index in [0.717, 1.165) is 51.4 Å². The Morgan fingerprint density at radius 3 is 1.81 bits per heavy atom. The molecule has 1 unspecified atom stereocenters. The molecular formula is C59H96O26. The highest BCUT2D eigenvalue weighted by Crippen LogP contribution is 2.76. The van der Waals surface area contributed by atoms with Gasteiger partial charge in [0.2, 0.25) is 0 Å². The fourth-order valence-corrected chi connectivity index (χ4v) is 17.7. The maximum atomic E-state index is 13.0. The summed E-state index contributed by atoms with van der Waals surface area (Å²) < 4.78 is 61.4. The van der Waals surface area contributed by atoms with E-state index in [-0.39, 0.29) is 52.6 Å². The van der Waals surface area contributed by atoms with Gasteiger partial charge in [-0.2, -0.15) is 0 Å². The topological polar surface area (TPSA) is 413 Å². The van der Waals surface area contributed by atoms with Crippen LogP contribution >= 0.6 is 0 Å². The zero-order valence-electron chi connectivity index (χ0n) is 49.8. The largest absolute Gasteiger partial charge is 0.479 e. The number of allylic oxidation sites excluding steroid dienone is 2. The van der Waals surface area contributed by atoms with Crippen LogP contribution in [0.1, 0.15) is 120 Å². The predicted molar refractivity (Wildman–Crippen MR) is 288 cm³/mol. The monoisotopic (exact) mass is 1220 g/mol. The van der Waals surface area contributed by atoms with Crippen LogP contribution in [0.25, 0.3) is 0 Å². The number of fused-ring (bicyclic) bond motifs is 7. The van der Waals surface area contributed by atoms with E-state index in [4.69, 9.17) is 47.4 Å². The molecular weight excluding hydrogens is 1120 g/mol. The number of carboxylic acid groups (broad SMARTS) is 1. The Kier molecular flexibility index (Phi) is 19.0. The molecule has 26 heteroatoms. The number of aliphatic hydroxyl groups is 14. The Hall–Kier alpha value is -1.75. The van der Waals surface area contributed by atoms with Gasteiger partial charge in [0.15, 0.2) is 37.6 Å². The summed E-state index contributed by atoms with van der Waals surface area (Å²) in [6, 6.07) is 0. The Balaban J connectivity index is 0.915. The molecule has 10 aliphatic rings. The Morgan fingerprint density at radius 2 is 1.15 bits per heavy atom. The second kappa shape index (κ2) is 24.4. The van der Waals surface area contributed by atoms with Crippen LogP contribution in [0.4, 0.5) is 0 Å². The minimum Gasteiger partial charge on any atom is -0.479 e. The molecule has 0 bridgehead atoms. The van der Waals surface area contributed by atoms with Crippen LogP contribution < -0.4 is 0 Å². The average Bonchev–Trinajstić information content (AvgIpc) is 0.701. The van der Waals surface area contributed by atoms with Crippen molar-refractivity contribution in [1.29, 1.82) is 0 Å². The minimum absolute atomic E-state index is 0.0114. The first kappa shape index (κ1) is 66.2. The molecule has 0 spiro atoms. The summed E-state index contributed by atoms with van der Waals surface area (Å²) in [5.41, 5.74) is -0.474. The zero-order chi connectivity index (χ0) is 62.0. The van der Waals surface area contributed by atoms with E-state index in [1.54, 1.807) is 0 Å². The van der Waals surface area contributed by atoms with Crippen molar-refractivity contribution >= 4 is 5.97 Å². The lowest BCUT2D eigenvalue weighted by atomic mass is 9.33. The molecule has 0 radical (unpaired) electrons. The van der Waals surface area contributed by atoms with Gasteiger partial charge in [-0.25, -0.2) is 4.79 Å².